The minimum Gasteiger partial charge on any atom is -1.00 e. The lowest BCUT2D eigenvalue weighted by Crippen LogP contribution is -3.00. The largest absolute Gasteiger partial charge is 1.00 e. The zero-order valence-corrected chi connectivity index (χ0v) is 21.0. The molecule has 32 heavy (non-hydrogen) atoms. The SMILES string of the molecule is O=C1C([P+](c2ccccc2)(c2ccccc2)c2ccccc2)CCN1Cc1cccs1.[Br-]. The van der Waals surface area contributed by atoms with Gasteiger partial charge in [0.25, 0.3) is 5.91 Å². The normalized spacial score (nSPS) is 16.1. The molecule has 1 atom stereocenters. The van der Waals surface area contributed by atoms with Crippen molar-refractivity contribution >= 4 is 40.4 Å². The molecule has 1 unspecified atom stereocenters. The number of halogens is 1. The number of likely N-dealkylation sites (tertiary alicyclic amines) is 1. The van der Waals surface area contributed by atoms with E-state index in [2.05, 4.69) is 113 Å². The van der Waals surface area contributed by atoms with Gasteiger partial charge in [0, 0.05) is 17.8 Å². The summed E-state index contributed by atoms with van der Waals surface area (Å²) in [6.07, 6.45) is 0.886. The van der Waals surface area contributed by atoms with Crippen LogP contribution in [0.15, 0.2) is 109 Å². The molecular weight excluding hydrogens is 497 g/mol. The first-order valence-corrected chi connectivity index (χ1v) is 13.4. The molecule has 2 heterocycles. The lowest BCUT2D eigenvalue weighted by Gasteiger charge is -2.31. The molecular formula is C27H25BrNOPS. The Balaban J connectivity index is 0.00000245. The quantitative estimate of drug-likeness (QED) is 0.354. The van der Waals surface area contributed by atoms with Gasteiger partial charge in [-0.2, -0.15) is 0 Å². The van der Waals surface area contributed by atoms with Crippen molar-refractivity contribution < 1.29 is 21.8 Å². The van der Waals surface area contributed by atoms with Crippen LogP contribution >= 0.6 is 18.6 Å². The van der Waals surface area contributed by atoms with E-state index in [0.717, 1.165) is 13.0 Å². The summed E-state index contributed by atoms with van der Waals surface area (Å²) in [4.78, 5) is 17.3. The fourth-order valence-corrected chi connectivity index (χ4v) is 10.4. The molecule has 1 aromatic heterocycles. The molecule has 0 saturated carbocycles. The predicted molar refractivity (Wildman–Crippen MR) is 133 cm³/mol. The van der Waals surface area contributed by atoms with Crippen molar-refractivity contribution in [3.05, 3.63) is 113 Å². The van der Waals surface area contributed by atoms with E-state index in [9.17, 15) is 4.79 Å². The van der Waals surface area contributed by atoms with E-state index < -0.39 is 7.26 Å². The van der Waals surface area contributed by atoms with Crippen LogP contribution in [0.1, 0.15) is 11.3 Å². The van der Waals surface area contributed by atoms with Crippen LogP contribution < -0.4 is 32.9 Å². The molecule has 1 amide bonds. The molecule has 1 saturated heterocycles. The molecule has 4 aromatic rings. The highest BCUT2D eigenvalue weighted by atomic mass is 79.9. The predicted octanol–water partition coefficient (Wildman–Crippen LogP) is 1.85. The van der Waals surface area contributed by atoms with Crippen molar-refractivity contribution in [3.63, 3.8) is 0 Å². The van der Waals surface area contributed by atoms with Crippen molar-refractivity contribution in [3.8, 4) is 0 Å². The average Bonchev–Trinajstić information content (AvgIpc) is 3.48. The summed E-state index contributed by atoms with van der Waals surface area (Å²) < 4.78 is 0. The van der Waals surface area contributed by atoms with E-state index >= 15 is 0 Å². The van der Waals surface area contributed by atoms with Crippen LogP contribution in [-0.2, 0) is 11.3 Å². The Morgan fingerprint density at radius 1 is 0.750 bits per heavy atom. The van der Waals surface area contributed by atoms with E-state index in [1.54, 1.807) is 11.3 Å². The van der Waals surface area contributed by atoms with Crippen LogP contribution in [0.5, 0.6) is 0 Å². The van der Waals surface area contributed by atoms with Gasteiger partial charge in [-0.25, -0.2) is 0 Å². The van der Waals surface area contributed by atoms with Gasteiger partial charge in [-0.05, 0) is 47.8 Å². The zero-order chi connectivity index (χ0) is 21.1. The maximum atomic E-state index is 14.0. The van der Waals surface area contributed by atoms with Crippen molar-refractivity contribution in [1.82, 2.24) is 4.90 Å². The third-order valence-electron chi connectivity index (χ3n) is 6.15. The highest BCUT2D eigenvalue weighted by Crippen LogP contribution is 2.62. The topological polar surface area (TPSA) is 20.3 Å². The van der Waals surface area contributed by atoms with E-state index in [1.165, 1.54) is 20.8 Å². The Morgan fingerprint density at radius 2 is 1.25 bits per heavy atom. The number of thiophene rings is 1. The highest BCUT2D eigenvalue weighted by molar-refractivity contribution is 7.96. The first-order chi connectivity index (χ1) is 15.3. The number of hydrogen-bond acceptors (Lipinski definition) is 2. The summed E-state index contributed by atoms with van der Waals surface area (Å²) in [6.45, 7) is 1.53. The van der Waals surface area contributed by atoms with Crippen molar-refractivity contribution in [1.29, 1.82) is 0 Å². The highest BCUT2D eigenvalue weighted by Gasteiger charge is 2.58. The lowest BCUT2D eigenvalue weighted by molar-refractivity contribution is -0.127. The first kappa shape index (κ1) is 22.9. The number of amides is 1. The fourth-order valence-electron chi connectivity index (χ4n) is 4.81. The molecule has 1 fully saturated rings. The maximum Gasteiger partial charge on any atom is 0.264 e. The van der Waals surface area contributed by atoms with Gasteiger partial charge in [0.2, 0.25) is 0 Å². The minimum absolute atomic E-state index is 0. The molecule has 1 aliphatic rings. The van der Waals surface area contributed by atoms with Crippen LogP contribution in [0, 0.1) is 0 Å². The standard InChI is InChI=1S/C27H25NOPS.BrH/c29-27-26(18-19-28(27)21-25-17-10-20-31-25)30(22-11-4-1-5-12-22,23-13-6-2-7-14-23)24-15-8-3-9-16-24;/h1-17,20,26H,18-19,21H2;1H/q+1;/p-1. The Morgan fingerprint density at radius 3 is 1.69 bits per heavy atom. The molecule has 0 aliphatic carbocycles. The van der Waals surface area contributed by atoms with Gasteiger partial charge >= 0.3 is 0 Å². The summed E-state index contributed by atoms with van der Waals surface area (Å²) in [7, 11) is -2.17. The smallest absolute Gasteiger partial charge is 0.264 e. The molecule has 5 heteroatoms. The second-order valence-corrected chi connectivity index (χ2v) is 12.5. The van der Waals surface area contributed by atoms with E-state index in [0.29, 0.717) is 12.5 Å². The summed E-state index contributed by atoms with van der Waals surface area (Å²) in [5.74, 6) is 0.290. The molecule has 2 nitrogen and oxygen atoms in total. The molecule has 1 aliphatic heterocycles. The van der Waals surface area contributed by atoms with Gasteiger partial charge in [0.1, 0.15) is 23.2 Å². The van der Waals surface area contributed by atoms with Gasteiger partial charge in [-0.3, -0.25) is 4.79 Å². The molecule has 162 valence electrons. The summed E-state index contributed by atoms with van der Waals surface area (Å²) in [5, 5.41) is 5.93. The molecule has 0 N–H and O–H groups in total. The van der Waals surface area contributed by atoms with Crippen molar-refractivity contribution in [2.75, 3.05) is 6.54 Å². The van der Waals surface area contributed by atoms with Crippen molar-refractivity contribution in [2.24, 2.45) is 0 Å². The second kappa shape index (κ2) is 10.1. The number of nitrogens with zero attached hydrogens (tertiary/aromatic N) is 1. The number of hydrogen-bond donors (Lipinski definition) is 0. The number of carbonyl (C=O) groups excluding carboxylic acids is 1. The zero-order valence-electron chi connectivity index (χ0n) is 17.7. The molecule has 0 spiro atoms. The second-order valence-electron chi connectivity index (χ2n) is 7.87. The number of rotatable bonds is 6. The van der Waals surface area contributed by atoms with Gasteiger partial charge in [0.05, 0.1) is 6.54 Å². The van der Waals surface area contributed by atoms with Crippen LogP contribution in [0.25, 0.3) is 0 Å². The van der Waals surface area contributed by atoms with Crippen molar-refractivity contribution in [2.45, 2.75) is 18.6 Å². The molecule has 3 aromatic carbocycles. The Bertz CT molecular complexity index is 1040. The summed E-state index contributed by atoms with van der Waals surface area (Å²) in [6, 6.07) is 36.4. The summed E-state index contributed by atoms with van der Waals surface area (Å²) in [5.41, 5.74) is -0.0420. The average molecular weight is 522 g/mol. The Hall–Kier alpha value is -2.26. The lowest BCUT2D eigenvalue weighted by atomic mass is 10.3. The van der Waals surface area contributed by atoms with Crippen LogP contribution in [0.3, 0.4) is 0 Å². The van der Waals surface area contributed by atoms with E-state index in [-0.39, 0.29) is 22.6 Å². The van der Waals surface area contributed by atoms with Gasteiger partial charge in [-0.15, -0.1) is 11.3 Å². The Kier molecular flexibility index (Phi) is 7.25. The third kappa shape index (κ3) is 4.08. The minimum atomic E-state index is -2.17. The molecule has 5 rings (SSSR count). The Labute approximate surface area is 205 Å². The number of carbonyl (C=O) groups is 1. The first-order valence-electron chi connectivity index (χ1n) is 10.7. The van der Waals surface area contributed by atoms with Crippen LogP contribution in [-0.4, -0.2) is 23.0 Å². The van der Waals surface area contributed by atoms with Crippen LogP contribution in [0.2, 0.25) is 0 Å². The third-order valence-corrected chi connectivity index (χ3v) is 11.8. The maximum absolute atomic E-state index is 14.0. The van der Waals surface area contributed by atoms with Crippen LogP contribution in [0.4, 0.5) is 0 Å². The van der Waals surface area contributed by atoms with Gasteiger partial charge in [0.15, 0.2) is 5.66 Å². The molecule has 0 radical (unpaired) electrons. The van der Waals surface area contributed by atoms with E-state index in [4.69, 9.17) is 0 Å². The molecule has 0 bridgehead atoms. The van der Waals surface area contributed by atoms with Gasteiger partial charge < -0.3 is 21.9 Å². The fraction of sp³-hybridized carbons (Fsp3) is 0.148. The number of benzene rings is 3. The monoisotopic (exact) mass is 521 g/mol. The summed E-state index contributed by atoms with van der Waals surface area (Å²) >= 11 is 1.72. The van der Waals surface area contributed by atoms with Gasteiger partial charge in [-0.1, -0.05) is 60.7 Å². The van der Waals surface area contributed by atoms with E-state index in [1.807, 2.05) is 0 Å².